The van der Waals surface area contributed by atoms with Gasteiger partial charge < -0.3 is 10.1 Å². The maximum absolute atomic E-state index is 12.5. The molecule has 1 heterocycles. The molecule has 140 valence electrons. The van der Waals surface area contributed by atoms with E-state index in [0.29, 0.717) is 18.7 Å². The second kappa shape index (κ2) is 7.84. The number of hydrogen-bond acceptors (Lipinski definition) is 6. The van der Waals surface area contributed by atoms with Crippen molar-refractivity contribution >= 4 is 25.6 Å². The molecule has 25 heavy (non-hydrogen) atoms. The van der Waals surface area contributed by atoms with Crippen molar-refractivity contribution in [2.24, 2.45) is 0 Å². The smallest absolute Gasteiger partial charge is 0.251 e. The van der Waals surface area contributed by atoms with E-state index in [1.165, 1.54) is 24.3 Å². The minimum Gasteiger partial charge on any atom is -0.377 e. The number of nitrogens with one attached hydrogen (secondary N) is 1. The van der Waals surface area contributed by atoms with E-state index in [2.05, 4.69) is 5.32 Å². The fourth-order valence-electron chi connectivity index (χ4n) is 2.56. The number of hydrogen-bond donors (Lipinski definition) is 1. The molecule has 1 aliphatic heterocycles. The summed E-state index contributed by atoms with van der Waals surface area (Å²) in [5.74, 6) is -0.761. The zero-order valence-corrected chi connectivity index (χ0v) is 15.9. The van der Waals surface area contributed by atoms with E-state index in [-0.39, 0.29) is 34.8 Å². The van der Waals surface area contributed by atoms with E-state index in [1.54, 1.807) is 0 Å². The fraction of sp³-hybridized carbons (Fsp3) is 0.562. The van der Waals surface area contributed by atoms with Gasteiger partial charge in [-0.1, -0.05) is 0 Å². The minimum absolute atomic E-state index is 0.0364. The molecule has 1 atom stereocenters. The maximum atomic E-state index is 12.5. The number of ether oxygens (including phenoxy) is 1. The number of benzene rings is 1. The van der Waals surface area contributed by atoms with Gasteiger partial charge in [-0.25, -0.2) is 16.8 Å². The molecular formula is C16H23NO6S2. The van der Waals surface area contributed by atoms with Crippen molar-refractivity contribution < 1.29 is 26.4 Å². The molecule has 9 heteroatoms. The zero-order chi connectivity index (χ0) is 18.7. The topological polar surface area (TPSA) is 107 Å². The van der Waals surface area contributed by atoms with Crippen molar-refractivity contribution in [2.45, 2.75) is 36.5 Å². The maximum Gasteiger partial charge on any atom is 0.251 e. The molecule has 1 N–H and O–H groups in total. The SMILES string of the molecule is CC(C)OCCNC(=O)c1ccc(S(=O)(=O)C2CCS(=O)(=O)C2)cc1. The van der Waals surface area contributed by atoms with Crippen LogP contribution < -0.4 is 5.32 Å². The van der Waals surface area contributed by atoms with E-state index in [1.807, 2.05) is 13.8 Å². The van der Waals surface area contributed by atoms with Crippen LogP contribution in [0.2, 0.25) is 0 Å². The molecule has 0 saturated carbocycles. The van der Waals surface area contributed by atoms with Crippen LogP contribution in [-0.4, -0.2) is 58.8 Å². The van der Waals surface area contributed by atoms with Crippen LogP contribution in [0, 0.1) is 0 Å². The van der Waals surface area contributed by atoms with Gasteiger partial charge in [-0.3, -0.25) is 4.79 Å². The molecule has 0 radical (unpaired) electrons. The van der Waals surface area contributed by atoms with E-state index in [9.17, 15) is 21.6 Å². The average Bonchev–Trinajstić information content (AvgIpc) is 2.92. The molecule has 1 saturated heterocycles. The van der Waals surface area contributed by atoms with E-state index >= 15 is 0 Å². The first-order valence-electron chi connectivity index (χ1n) is 8.06. The lowest BCUT2D eigenvalue weighted by molar-refractivity contribution is 0.0746. The van der Waals surface area contributed by atoms with Crippen molar-refractivity contribution in [1.29, 1.82) is 0 Å². The summed E-state index contributed by atoms with van der Waals surface area (Å²) in [6.07, 6.45) is 0.198. The predicted molar refractivity (Wildman–Crippen MR) is 94.1 cm³/mol. The first-order chi connectivity index (χ1) is 11.6. The van der Waals surface area contributed by atoms with Crippen LogP contribution in [0.1, 0.15) is 30.6 Å². The van der Waals surface area contributed by atoms with Crippen molar-refractivity contribution in [2.75, 3.05) is 24.7 Å². The van der Waals surface area contributed by atoms with Gasteiger partial charge in [-0.15, -0.1) is 0 Å². The van der Waals surface area contributed by atoms with Crippen LogP contribution in [0.15, 0.2) is 29.2 Å². The minimum atomic E-state index is -3.71. The monoisotopic (exact) mass is 389 g/mol. The molecule has 1 unspecified atom stereocenters. The number of carbonyl (C=O) groups excluding carboxylic acids is 1. The Morgan fingerprint density at radius 1 is 1.28 bits per heavy atom. The molecule has 1 amide bonds. The highest BCUT2D eigenvalue weighted by Gasteiger charge is 2.37. The Hall–Kier alpha value is -1.45. The Morgan fingerprint density at radius 2 is 1.92 bits per heavy atom. The van der Waals surface area contributed by atoms with Crippen LogP contribution in [0.25, 0.3) is 0 Å². The predicted octanol–water partition coefficient (Wildman–Crippen LogP) is 0.802. The lowest BCUT2D eigenvalue weighted by atomic mass is 10.2. The van der Waals surface area contributed by atoms with Gasteiger partial charge in [-0.2, -0.15) is 0 Å². The van der Waals surface area contributed by atoms with Gasteiger partial charge in [-0.05, 0) is 44.5 Å². The highest BCUT2D eigenvalue weighted by atomic mass is 32.2. The second-order valence-corrected chi connectivity index (χ2v) is 10.7. The van der Waals surface area contributed by atoms with Crippen molar-refractivity contribution in [3.63, 3.8) is 0 Å². The van der Waals surface area contributed by atoms with Crippen LogP contribution in [0.4, 0.5) is 0 Å². The zero-order valence-electron chi connectivity index (χ0n) is 14.3. The average molecular weight is 389 g/mol. The Labute approximate surface area is 148 Å². The summed E-state index contributed by atoms with van der Waals surface area (Å²) in [4.78, 5) is 12.0. The Kier molecular flexibility index (Phi) is 6.23. The number of carbonyl (C=O) groups is 1. The quantitative estimate of drug-likeness (QED) is 0.692. The van der Waals surface area contributed by atoms with Crippen molar-refractivity contribution in [3.05, 3.63) is 29.8 Å². The van der Waals surface area contributed by atoms with E-state index < -0.39 is 24.9 Å². The van der Waals surface area contributed by atoms with Gasteiger partial charge in [0.25, 0.3) is 5.91 Å². The lowest BCUT2D eigenvalue weighted by Crippen LogP contribution is -2.28. The van der Waals surface area contributed by atoms with Gasteiger partial charge in [0.1, 0.15) is 0 Å². The second-order valence-electron chi connectivity index (χ2n) is 6.27. The molecule has 0 bridgehead atoms. The van der Waals surface area contributed by atoms with E-state index in [0.717, 1.165) is 0 Å². The molecule has 7 nitrogen and oxygen atoms in total. The summed E-state index contributed by atoms with van der Waals surface area (Å²) >= 11 is 0. The van der Waals surface area contributed by atoms with Gasteiger partial charge in [0.2, 0.25) is 0 Å². The molecule has 1 aliphatic rings. The summed E-state index contributed by atoms with van der Waals surface area (Å²) in [6.45, 7) is 4.55. The van der Waals surface area contributed by atoms with Crippen LogP contribution in [0.5, 0.6) is 0 Å². The summed E-state index contributed by atoms with van der Waals surface area (Å²) in [5, 5.41) is 1.77. The van der Waals surface area contributed by atoms with E-state index in [4.69, 9.17) is 4.74 Å². The fourth-order valence-corrected chi connectivity index (χ4v) is 6.92. The third-order valence-electron chi connectivity index (χ3n) is 3.91. The third-order valence-corrected chi connectivity index (χ3v) is 8.10. The normalized spacial score (nSPS) is 19.9. The number of sulfone groups is 2. The number of rotatable bonds is 7. The highest BCUT2D eigenvalue weighted by molar-refractivity contribution is 7.96. The standard InChI is InChI=1S/C16H23NO6S2/c1-12(2)23-9-8-17-16(18)13-3-5-14(6-4-13)25(21,22)15-7-10-24(19,20)11-15/h3-6,12,15H,7-11H2,1-2H3,(H,17,18). The van der Waals surface area contributed by atoms with Crippen molar-refractivity contribution in [1.82, 2.24) is 5.32 Å². The molecular weight excluding hydrogens is 366 g/mol. The van der Waals surface area contributed by atoms with Gasteiger partial charge in [0.05, 0.1) is 34.4 Å². The molecule has 0 aliphatic carbocycles. The Balaban J connectivity index is 2.00. The third kappa shape index (κ3) is 5.26. The van der Waals surface area contributed by atoms with Gasteiger partial charge in [0.15, 0.2) is 19.7 Å². The van der Waals surface area contributed by atoms with Gasteiger partial charge >= 0.3 is 0 Å². The molecule has 1 fully saturated rings. The lowest BCUT2D eigenvalue weighted by Gasteiger charge is -2.11. The summed E-state index contributed by atoms with van der Waals surface area (Å²) in [6, 6.07) is 5.55. The van der Waals surface area contributed by atoms with Gasteiger partial charge in [0, 0.05) is 12.1 Å². The van der Waals surface area contributed by atoms with Crippen LogP contribution >= 0.6 is 0 Å². The first kappa shape index (κ1) is 19.9. The molecule has 0 spiro atoms. The summed E-state index contributed by atoms with van der Waals surface area (Å²) in [7, 11) is -7.00. The molecule has 1 aromatic carbocycles. The Bertz CT molecular complexity index is 813. The van der Waals surface area contributed by atoms with Crippen LogP contribution in [-0.2, 0) is 24.4 Å². The largest absolute Gasteiger partial charge is 0.377 e. The summed E-state index contributed by atoms with van der Waals surface area (Å²) < 4.78 is 53.3. The van der Waals surface area contributed by atoms with Crippen LogP contribution in [0.3, 0.4) is 0 Å². The molecule has 1 aromatic rings. The molecule has 0 aromatic heterocycles. The molecule has 2 rings (SSSR count). The highest BCUT2D eigenvalue weighted by Crippen LogP contribution is 2.25. The van der Waals surface area contributed by atoms with Crippen molar-refractivity contribution in [3.8, 4) is 0 Å². The first-order valence-corrected chi connectivity index (χ1v) is 11.4. The Morgan fingerprint density at radius 3 is 2.44 bits per heavy atom. The number of amides is 1. The summed E-state index contributed by atoms with van der Waals surface area (Å²) in [5.41, 5.74) is 0.336.